The minimum absolute atomic E-state index is 0.0143. The van der Waals surface area contributed by atoms with Gasteiger partial charge in [0, 0.05) is 6.07 Å². The van der Waals surface area contributed by atoms with E-state index < -0.39 is 11.9 Å². The molecule has 0 radical (unpaired) electrons. The molecule has 1 aromatic rings. The molecule has 1 aromatic heterocycles. The second-order valence-electron chi connectivity index (χ2n) is 2.64. The van der Waals surface area contributed by atoms with Gasteiger partial charge >= 0.3 is 11.9 Å². The molecule has 0 saturated carbocycles. The molecule has 1 heterocycles. The Morgan fingerprint density at radius 1 is 1.44 bits per heavy atom. The van der Waals surface area contributed by atoms with Gasteiger partial charge in [0.2, 0.25) is 5.88 Å². The van der Waals surface area contributed by atoms with Crippen molar-refractivity contribution in [1.82, 2.24) is 9.97 Å². The van der Waals surface area contributed by atoms with Gasteiger partial charge in [-0.05, 0) is 6.92 Å². The van der Waals surface area contributed by atoms with Crippen LogP contribution in [0.25, 0.3) is 0 Å². The van der Waals surface area contributed by atoms with Crippen LogP contribution in [0.3, 0.4) is 0 Å². The highest BCUT2D eigenvalue weighted by molar-refractivity contribution is 5.85. The Hall–Kier alpha value is -2.18. The predicted octanol–water partition coefficient (Wildman–Crippen LogP) is 0.117. The van der Waals surface area contributed by atoms with Gasteiger partial charge < -0.3 is 14.6 Å². The van der Waals surface area contributed by atoms with Gasteiger partial charge in [-0.1, -0.05) is 0 Å². The second-order valence-corrected chi connectivity index (χ2v) is 2.64. The van der Waals surface area contributed by atoms with E-state index in [0.717, 1.165) is 12.4 Å². The van der Waals surface area contributed by atoms with Crippen LogP contribution < -0.4 is 4.74 Å². The average Bonchev–Trinajstić information content (AvgIpc) is 2.27. The first-order valence-corrected chi connectivity index (χ1v) is 4.47. The molecular formula is C9H10N2O5. The summed E-state index contributed by atoms with van der Waals surface area (Å²) in [5.74, 6) is -1.72. The molecule has 0 unspecified atom stereocenters. The number of ether oxygens (including phenoxy) is 2. The summed E-state index contributed by atoms with van der Waals surface area (Å²) in [5.41, 5.74) is -0.200. The van der Waals surface area contributed by atoms with E-state index >= 15 is 0 Å². The molecule has 7 heteroatoms. The number of rotatable bonds is 5. The standard InChI is InChI=1S/C9H10N2O5/c1-2-15-8(12)4-16-7-3-6(9(13)14)10-5-11-7/h3,5H,2,4H2,1H3,(H,13,14). The van der Waals surface area contributed by atoms with Crippen LogP contribution in [0.5, 0.6) is 5.88 Å². The number of hydrogen-bond acceptors (Lipinski definition) is 6. The molecule has 1 rings (SSSR count). The third-order valence-corrected chi connectivity index (χ3v) is 1.50. The van der Waals surface area contributed by atoms with Gasteiger partial charge in [-0.2, -0.15) is 0 Å². The highest BCUT2D eigenvalue weighted by Gasteiger charge is 2.08. The van der Waals surface area contributed by atoms with Gasteiger partial charge in [0.05, 0.1) is 6.61 Å². The molecule has 0 amide bonds. The lowest BCUT2D eigenvalue weighted by atomic mass is 10.4. The minimum Gasteiger partial charge on any atom is -0.477 e. The predicted molar refractivity (Wildman–Crippen MR) is 51.1 cm³/mol. The van der Waals surface area contributed by atoms with Crippen LogP contribution in [0.1, 0.15) is 17.4 Å². The molecule has 0 aliphatic carbocycles. The van der Waals surface area contributed by atoms with Crippen molar-refractivity contribution >= 4 is 11.9 Å². The Balaban J connectivity index is 2.57. The Morgan fingerprint density at radius 3 is 2.81 bits per heavy atom. The Kier molecular flexibility index (Phi) is 4.19. The largest absolute Gasteiger partial charge is 0.477 e. The Bertz CT molecular complexity index is 393. The van der Waals surface area contributed by atoms with Gasteiger partial charge in [0.25, 0.3) is 0 Å². The molecule has 1 N–H and O–H groups in total. The fourth-order valence-corrected chi connectivity index (χ4v) is 0.871. The SMILES string of the molecule is CCOC(=O)COc1cc(C(=O)O)ncn1. The van der Waals surface area contributed by atoms with Crippen LogP contribution in [-0.2, 0) is 9.53 Å². The van der Waals surface area contributed by atoms with Crippen molar-refractivity contribution in [2.45, 2.75) is 6.92 Å². The topological polar surface area (TPSA) is 98.6 Å². The number of carbonyl (C=O) groups excluding carboxylic acids is 1. The molecular weight excluding hydrogens is 216 g/mol. The maximum Gasteiger partial charge on any atom is 0.354 e. The summed E-state index contributed by atoms with van der Waals surface area (Å²) >= 11 is 0. The third kappa shape index (κ3) is 3.52. The van der Waals surface area contributed by atoms with E-state index in [9.17, 15) is 9.59 Å². The number of hydrogen-bond donors (Lipinski definition) is 1. The maximum atomic E-state index is 10.9. The molecule has 0 bridgehead atoms. The first kappa shape index (κ1) is 11.9. The smallest absolute Gasteiger partial charge is 0.354 e. The first-order valence-electron chi connectivity index (χ1n) is 4.47. The van der Waals surface area contributed by atoms with Crippen LogP contribution in [0.4, 0.5) is 0 Å². The maximum absolute atomic E-state index is 10.9. The number of carboxylic acids is 1. The van der Waals surface area contributed by atoms with Gasteiger partial charge in [-0.3, -0.25) is 0 Å². The number of esters is 1. The molecule has 0 aromatic carbocycles. The molecule has 7 nitrogen and oxygen atoms in total. The van der Waals surface area contributed by atoms with Crippen LogP contribution in [0.15, 0.2) is 12.4 Å². The fraction of sp³-hybridized carbons (Fsp3) is 0.333. The molecule has 0 spiro atoms. The fourth-order valence-electron chi connectivity index (χ4n) is 0.871. The minimum atomic E-state index is -1.19. The van der Waals surface area contributed by atoms with Gasteiger partial charge in [0.15, 0.2) is 12.3 Å². The highest BCUT2D eigenvalue weighted by atomic mass is 16.6. The first-order chi connectivity index (χ1) is 7.63. The molecule has 0 fully saturated rings. The molecule has 0 aliphatic rings. The Morgan fingerprint density at radius 2 is 2.19 bits per heavy atom. The van der Waals surface area contributed by atoms with Crippen molar-refractivity contribution < 1.29 is 24.2 Å². The number of nitrogens with zero attached hydrogens (tertiary/aromatic N) is 2. The Labute approximate surface area is 91.0 Å². The van der Waals surface area contributed by atoms with Crippen molar-refractivity contribution in [2.24, 2.45) is 0 Å². The summed E-state index contributed by atoms with van der Waals surface area (Å²) in [6.45, 7) is 1.61. The van der Waals surface area contributed by atoms with Crippen molar-refractivity contribution in [3.05, 3.63) is 18.1 Å². The quantitative estimate of drug-likeness (QED) is 0.711. The zero-order valence-electron chi connectivity index (χ0n) is 8.54. The van der Waals surface area contributed by atoms with E-state index in [0.29, 0.717) is 0 Å². The summed E-state index contributed by atoms with van der Waals surface area (Å²) in [7, 11) is 0. The van der Waals surface area contributed by atoms with Crippen LogP contribution in [0.2, 0.25) is 0 Å². The van der Waals surface area contributed by atoms with Gasteiger partial charge in [-0.25, -0.2) is 19.6 Å². The zero-order chi connectivity index (χ0) is 12.0. The van der Waals surface area contributed by atoms with Gasteiger partial charge in [-0.15, -0.1) is 0 Å². The second kappa shape index (κ2) is 5.64. The molecule has 16 heavy (non-hydrogen) atoms. The van der Waals surface area contributed by atoms with E-state index in [1.54, 1.807) is 6.92 Å². The van der Waals surface area contributed by atoms with E-state index in [-0.39, 0.29) is 24.8 Å². The van der Waals surface area contributed by atoms with Gasteiger partial charge in [0.1, 0.15) is 6.33 Å². The van der Waals surface area contributed by atoms with E-state index in [2.05, 4.69) is 14.7 Å². The van der Waals surface area contributed by atoms with Crippen LogP contribution in [-0.4, -0.2) is 40.2 Å². The average molecular weight is 226 g/mol. The van der Waals surface area contributed by atoms with Crippen molar-refractivity contribution in [1.29, 1.82) is 0 Å². The van der Waals surface area contributed by atoms with Crippen molar-refractivity contribution in [3.63, 3.8) is 0 Å². The highest BCUT2D eigenvalue weighted by Crippen LogP contribution is 2.06. The third-order valence-electron chi connectivity index (χ3n) is 1.50. The lowest BCUT2D eigenvalue weighted by Gasteiger charge is -2.04. The van der Waals surface area contributed by atoms with Crippen molar-refractivity contribution in [2.75, 3.05) is 13.2 Å². The summed E-state index contributed by atoms with van der Waals surface area (Å²) < 4.78 is 9.54. The zero-order valence-corrected chi connectivity index (χ0v) is 8.54. The number of aromatic nitrogens is 2. The summed E-state index contributed by atoms with van der Waals surface area (Å²) in [5, 5.41) is 8.63. The van der Waals surface area contributed by atoms with E-state index in [4.69, 9.17) is 9.84 Å². The summed E-state index contributed by atoms with van der Waals surface area (Å²) in [4.78, 5) is 28.6. The lowest BCUT2D eigenvalue weighted by Crippen LogP contribution is -2.15. The van der Waals surface area contributed by atoms with Crippen LogP contribution in [0, 0.1) is 0 Å². The number of carboxylic acid groups (broad SMARTS) is 1. The monoisotopic (exact) mass is 226 g/mol. The summed E-state index contributed by atoms with van der Waals surface area (Å²) in [6, 6.07) is 1.13. The van der Waals surface area contributed by atoms with Crippen LogP contribution >= 0.6 is 0 Å². The lowest BCUT2D eigenvalue weighted by molar-refractivity contribution is -0.145. The molecule has 0 atom stereocenters. The molecule has 0 aliphatic heterocycles. The normalized spacial score (nSPS) is 9.56. The van der Waals surface area contributed by atoms with E-state index in [1.807, 2.05) is 0 Å². The molecule has 86 valence electrons. The number of carbonyl (C=O) groups is 2. The molecule has 0 saturated heterocycles. The van der Waals surface area contributed by atoms with E-state index in [1.165, 1.54) is 0 Å². The summed E-state index contributed by atoms with van der Waals surface area (Å²) in [6.07, 6.45) is 1.05. The number of aromatic carboxylic acids is 1. The van der Waals surface area contributed by atoms with Crippen molar-refractivity contribution in [3.8, 4) is 5.88 Å².